The van der Waals surface area contributed by atoms with Gasteiger partial charge in [-0.3, -0.25) is 0 Å². The van der Waals surface area contributed by atoms with Crippen LogP contribution in [0.5, 0.6) is 0 Å². The Morgan fingerprint density at radius 2 is 1.88 bits per heavy atom. The van der Waals surface area contributed by atoms with Crippen LogP contribution in [-0.4, -0.2) is 19.9 Å². The Balaban J connectivity index is 2.14. The van der Waals surface area contributed by atoms with Gasteiger partial charge in [0.2, 0.25) is 0 Å². The normalized spacial score (nSPS) is 10.8. The second-order valence-electron chi connectivity index (χ2n) is 3.47. The molecule has 0 bridgehead atoms. The molecule has 3 aromatic heterocycles. The van der Waals surface area contributed by atoms with Crippen molar-refractivity contribution in [1.82, 2.24) is 19.9 Å². The summed E-state index contributed by atoms with van der Waals surface area (Å²) in [4.78, 5) is 15.4. The number of nitrogens with zero attached hydrogens (tertiary/aromatic N) is 3. The number of aromatic nitrogens is 4. The predicted molar refractivity (Wildman–Crippen MR) is 61.5 cm³/mol. The van der Waals surface area contributed by atoms with Crippen LogP contribution in [0, 0.1) is 0 Å². The average molecular weight is 211 g/mol. The number of rotatable bonds is 1. The Bertz CT molecular complexity index is 626. The average Bonchev–Trinajstić information content (AvgIpc) is 2.77. The van der Waals surface area contributed by atoms with Crippen LogP contribution in [0.25, 0.3) is 22.3 Å². The van der Waals surface area contributed by atoms with E-state index in [1.807, 2.05) is 12.1 Å². The number of nitrogens with two attached hydrogens (primary N) is 1. The van der Waals surface area contributed by atoms with Crippen LogP contribution in [-0.2, 0) is 0 Å². The molecular weight excluding hydrogens is 202 g/mol. The fourth-order valence-corrected chi connectivity index (χ4v) is 1.56. The van der Waals surface area contributed by atoms with Crippen LogP contribution in [0.4, 0.5) is 5.82 Å². The summed E-state index contributed by atoms with van der Waals surface area (Å²) >= 11 is 0. The van der Waals surface area contributed by atoms with E-state index in [-0.39, 0.29) is 0 Å². The molecule has 5 heteroatoms. The van der Waals surface area contributed by atoms with Gasteiger partial charge < -0.3 is 10.7 Å². The van der Waals surface area contributed by atoms with Gasteiger partial charge in [-0.2, -0.15) is 0 Å². The van der Waals surface area contributed by atoms with Gasteiger partial charge in [0.1, 0.15) is 5.82 Å². The molecule has 3 rings (SSSR count). The van der Waals surface area contributed by atoms with Crippen molar-refractivity contribution in [2.75, 3.05) is 5.73 Å². The summed E-state index contributed by atoms with van der Waals surface area (Å²) in [6.07, 6.45) is 5.13. The van der Waals surface area contributed by atoms with Gasteiger partial charge in [0.05, 0.1) is 11.8 Å². The molecule has 0 atom stereocenters. The number of anilines is 1. The van der Waals surface area contributed by atoms with Crippen molar-refractivity contribution >= 4 is 17.0 Å². The highest BCUT2D eigenvalue weighted by Gasteiger charge is 2.02. The quantitative estimate of drug-likeness (QED) is 0.640. The molecular formula is C11H9N5. The van der Waals surface area contributed by atoms with Crippen molar-refractivity contribution in [3.8, 4) is 11.1 Å². The first kappa shape index (κ1) is 8.84. The van der Waals surface area contributed by atoms with Gasteiger partial charge in [-0.05, 0) is 18.2 Å². The van der Waals surface area contributed by atoms with Crippen LogP contribution in [0.15, 0.2) is 36.9 Å². The lowest BCUT2D eigenvalue weighted by Gasteiger charge is -2.00. The molecule has 3 aromatic rings. The largest absolute Gasteiger partial charge is 0.384 e. The summed E-state index contributed by atoms with van der Waals surface area (Å²) in [6.45, 7) is 0. The Morgan fingerprint density at radius 3 is 2.69 bits per heavy atom. The number of hydrogen-bond acceptors (Lipinski definition) is 4. The number of aromatic amines is 1. The zero-order valence-corrected chi connectivity index (χ0v) is 8.38. The predicted octanol–water partition coefficient (Wildman–Crippen LogP) is 1.60. The third-order valence-electron chi connectivity index (χ3n) is 2.39. The summed E-state index contributed by atoms with van der Waals surface area (Å²) in [5.74, 6) is 0.513. The van der Waals surface area contributed by atoms with Gasteiger partial charge in [0, 0.05) is 23.5 Å². The topological polar surface area (TPSA) is 80.5 Å². The molecule has 16 heavy (non-hydrogen) atoms. The maximum atomic E-state index is 5.54. The SMILES string of the molecule is Nc1ccc(-c2cnc3nc[nH]c3c2)cn1. The lowest BCUT2D eigenvalue weighted by Crippen LogP contribution is -1.89. The van der Waals surface area contributed by atoms with Crippen molar-refractivity contribution in [2.24, 2.45) is 0 Å². The Labute approximate surface area is 91.4 Å². The number of H-pyrrole nitrogens is 1. The molecule has 0 spiro atoms. The van der Waals surface area contributed by atoms with Gasteiger partial charge in [-0.1, -0.05) is 0 Å². The second-order valence-corrected chi connectivity index (χ2v) is 3.47. The molecule has 3 N–H and O–H groups in total. The molecule has 0 aliphatic rings. The van der Waals surface area contributed by atoms with Crippen molar-refractivity contribution in [3.63, 3.8) is 0 Å². The first-order chi connectivity index (χ1) is 7.83. The Morgan fingerprint density at radius 1 is 1.00 bits per heavy atom. The van der Waals surface area contributed by atoms with E-state index in [0.717, 1.165) is 16.6 Å². The fourth-order valence-electron chi connectivity index (χ4n) is 1.56. The molecule has 0 aromatic carbocycles. The third kappa shape index (κ3) is 1.38. The number of nitrogen functional groups attached to an aromatic ring is 1. The number of imidazole rings is 1. The Hall–Kier alpha value is -2.43. The fraction of sp³-hybridized carbons (Fsp3) is 0. The van der Waals surface area contributed by atoms with Crippen molar-refractivity contribution in [1.29, 1.82) is 0 Å². The lowest BCUT2D eigenvalue weighted by molar-refractivity contribution is 1.30. The van der Waals surface area contributed by atoms with E-state index < -0.39 is 0 Å². The summed E-state index contributed by atoms with van der Waals surface area (Å²) < 4.78 is 0. The zero-order chi connectivity index (χ0) is 11.0. The summed E-state index contributed by atoms with van der Waals surface area (Å²) in [6, 6.07) is 5.68. The maximum Gasteiger partial charge on any atom is 0.177 e. The van der Waals surface area contributed by atoms with Crippen LogP contribution in [0.2, 0.25) is 0 Å². The Kier molecular flexibility index (Phi) is 1.83. The first-order valence-corrected chi connectivity index (χ1v) is 4.84. The van der Waals surface area contributed by atoms with E-state index in [2.05, 4.69) is 19.9 Å². The van der Waals surface area contributed by atoms with Gasteiger partial charge in [0.25, 0.3) is 0 Å². The smallest absolute Gasteiger partial charge is 0.177 e. The van der Waals surface area contributed by atoms with E-state index >= 15 is 0 Å². The number of fused-ring (bicyclic) bond motifs is 1. The van der Waals surface area contributed by atoms with Gasteiger partial charge in [-0.15, -0.1) is 0 Å². The minimum absolute atomic E-state index is 0.513. The van der Waals surface area contributed by atoms with Crippen LogP contribution < -0.4 is 5.73 Å². The summed E-state index contributed by atoms with van der Waals surface area (Å²) in [7, 11) is 0. The maximum absolute atomic E-state index is 5.54. The zero-order valence-electron chi connectivity index (χ0n) is 8.38. The molecule has 0 saturated carbocycles. The molecule has 0 unspecified atom stereocenters. The standard InChI is InChI=1S/C11H9N5/c12-10-2-1-7(4-13-10)8-3-9-11(14-5-8)16-6-15-9/h1-6H,(H2,12,13)(H,14,15,16). The van der Waals surface area contributed by atoms with Gasteiger partial charge in [0.15, 0.2) is 5.65 Å². The highest BCUT2D eigenvalue weighted by atomic mass is 14.9. The molecule has 0 amide bonds. The van der Waals surface area contributed by atoms with Crippen LogP contribution in [0.1, 0.15) is 0 Å². The van der Waals surface area contributed by atoms with Gasteiger partial charge >= 0.3 is 0 Å². The van der Waals surface area contributed by atoms with Crippen LogP contribution >= 0.6 is 0 Å². The number of nitrogens with one attached hydrogen (secondary N) is 1. The van der Waals surface area contributed by atoms with E-state index in [4.69, 9.17) is 5.73 Å². The minimum atomic E-state index is 0.513. The van der Waals surface area contributed by atoms with E-state index in [1.165, 1.54) is 0 Å². The van der Waals surface area contributed by atoms with Crippen molar-refractivity contribution in [2.45, 2.75) is 0 Å². The molecule has 0 saturated heterocycles. The first-order valence-electron chi connectivity index (χ1n) is 4.84. The molecule has 0 aliphatic heterocycles. The third-order valence-corrected chi connectivity index (χ3v) is 2.39. The molecule has 5 nitrogen and oxygen atoms in total. The number of hydrogen-bond donors (Lipinski definition) is 2. The van der Waals surface area contributed by atoms with Crippen LogP contribution in [0.3, 0.4) is 0 Å². The number of pyridine rings is 2. The minimum Gasteiger partial charge on any atom is -0.384 e. The molecule has 3 heterocycles. The lowest BCUT2D eigenvalue weighted by atomic mass is 10.1. The highest BCUT2D eigenvalue weighted by Crippen LogP contribution is 2.20. The molecule has 0 aliphatic carbocycles. The van der Waals surface area contributed by atoms with E-state index in [1.54, 1.807) is 24.8 Å². The van der Waals surface area contributed by atoms with Gasteiger partial charge in [-0.25, -0.2) is 15.0 Å². The molecule has 0 radical (unpaired) electrons. The van der Waals surface area contributed by atoms with Crippen molar-refractivity contribution < 1.29 is 0 Å². The van der Waals surface area contributed by atoms with Crippen molar-refractivity contribution in [3.05, 3.63) is 36.9 Å². The summed E-state index contributed by atoms with van der Waals surface area (Å²) in [5, 5.41) is 0. The second kappa shape index (κ2) is 3.30. The van der Waals surface area contributed by atoms with E-state index in [0.29, 0.717) is 11.5 Å². The monoisotopic (exact) mass is 211 g/mol. The molecule has 0 fully saturated rings. The molecule has 78 valence electrons. The van der Waals surface area contributed by atoms with E-state index in [9.17, 15) is 0 Å². The summed E-state index contributed by atoms with van der Waals surface area (Å²) in [5.41, 5.74) is 9.14. The highest BCUT2D eigenvalue weighted by molar-refractivity contribution is 5.77.